The topological polar surface area (TPSA) is 65.8 Å². The largest absolute Gasteiger partial charge is 0.344 e. The van der Waals surface area contributed by atoms with E-state index in [2.05, 4.69) is 46.1 Å². The zero-order valence-corrected chi connectivity index (χ0v) is 18.3. The van der Waals surface area contributed by atoms with Crippen LogP contribution >= 0.6 is 27.3 Å². The minimum Gasteiger partial charge on any atom is -0.344 e. The Labute approximate surface area is 177 Å². The van der Waals surface area contributed by atoms with Crippen molar-refractivity contribution in [2.45, 2.75) is 32.7 Å². The summed E-state index contributed by atoms with van der Waals surface area (Å²) in [6.07, 6.45) is 0. The molecule has 0 saturated heterocycles. The van der Waals surface area contributed by atoms with Gasteiger partial charge in [0.1, 0.15) is 5.69 Å². The molecule has 0 spiro atoms. The molecule has 142 valence electrons. The number of nitrogens with zero attached hydrogens (tertiary/aromatic N) is 2. The Bertz CT molecular complexity index is 1020. The zero-order valence-electron chi connectivity index (χ0n) is 15.9. The van der Waals surface area contributed by atoms with E-state index in [1.807, 2.05) is 43.3 Å². The minimum absolute atomic E-state index is 0.140. The van der Waals surface area contributed by atoms with Crippen LogP contribution in [0.15, 0.2) is 53.0 Å². The smallest absolute Gasteiger partial charge is 0.271 e. The molecule has 1 unspecified atom stereocenters. The lowest BCUT2D eigenvalue weighted by atomic mass is 10.1. The summed E-state index contributed by atoms with van der Waals surface area (Å²) in [5, 5.41) is 13.0. The van der Waals surface area contributed by atoms with Crippen molar-refractivity contribution in [3.63, 3.8) is 0 Å². The Morgan fingerprint density at radius 2 is 1.75 bits per heavy atom. The lowest BCUT2D eigenvalue weighted by Crippen LogP contribution is -2.27. The third-order valence-corrected chi connectivity index (χ3v) is 6.28. The van der Waals surface area contributed by atoms with Gasteiger partial charge in [0, 0.05) is 10.4 Å². The van der Waals surface area contributed by atoms with E-state index in [0.29, 0.717) is 11.3 Å². The van der Waals surface area contributed by atoms with E-state index in [0.717, 1.165) is 25.5 Å². The molecule has 28 heavy (non-hydrogen) atoms. The highest BCUT2D eigenvalue weighted by molar-refractivity contribution is 9.10. The maximum atomic E-state index is 13.0. The van der Waals surface area contributed by atoms with Crippen LogP contribution < -0.4 is 5.32 Å². The minimum atomic E-state index is -0.196. The van der Waals surface area contributed by atoms with Gasteiger partial charge in [0.2, 0.25) is 0 Å². The molecule has 3 aromatic rings. The van der Waals surface area contributed by atoms with Gasteiger partial charge in [0.25, 0.3) is 5.91 Å². The fourth-order valence-corrected chi connectivity index (χ4v) is 4.06. The van der Waals surface area contributed by atoms with Crippen molar-refractivity contribution in [3.05, 3.63) is 74.8 Å². The van der Waals surface area contributed by atoms with Crippen molar-refractivity contribution in [1.82, 2.24) is 10.3 Å². The number of hydrogen-bond acceptors (Lipinski definition) is 4. The van der Waals surface area contributed by atoms with Gasteiger partial charge in [0.05, 0.1) is 27.6 Å². The van der Waals surface area contributed by atoms with Crippen molar-refractivity contribution < 1.29 is 4.79 Å². The number of nitrogens with one attached hydrogen (secondary N) is 1. The average Bonchev–Trinajstić information content (AvgIpc) is 3.14. The summed E-state index contributed by atoms with van der Waals surface area (Å²) >= 11 is 4.95. The molecule has 0 aliphatic rings. The Morgan fingerprint density at radius 3 is 2.32 bits per heavy atom. The molecular weight excluding hydrogens is 434 g/mol. The predicted molar refractivity (Wildman–Crippen MR) is 116 cm³/mol. The van der Waals surface area contributed by atoms with Crippen LogP contribution in [0.1, 0.15) is 59.4 Å². The maximum Gasteiger partial charge on any atom is 0.271 e. The molecule has 4 nitrogen and oxygen atoms in total. The molecule has 3 rings (SSSR count). The van der Waals surface area contributed by atoms with E-state index < -0.39 is 0 Å². The molecule has 0 aliphatic carbocycles. The molecule has 1 aromatic heterocycles. The molecule has 2 aromatic carbocycles. The number of nitriles is 1. The van der Waals surface area contributed by atoms with Gasteiger partial charge >= 0.3 is 0 Å². The Balaban J connectivity index is 1.91. The number of aromatic nitrogens is 1. The van der Waals surface area contributed by atoms with E-state index in [4.69, 9.17) is 5.26 Å². The highest BCUT2D eigenvalue weighted by Crippen LogP contribution is 2.34. The molecule has 1 amide bonds. The summed E-state index contributed by atoms with van der Waals surface area (Å²) < 4.78 is 0.999. The summed E-state index contributed by atoms with van der Waals surface area (Å²) in [5.74, 6) is 0.0329. The van der Waals surface area contributed by atoms with Crippen molar-refractivity contribution in [3.8, 4) is 16.5 Å². The highest BCUT2D eigenvalue weighted by atomic mass is 79.9. The summed E-state index contributed by atoms with van der Waals surface area (Å²) in [6, 6.07) is 17.1. The Hall–Kier alpha value is -2.49. The van der Waals surface area contributed by atoms with Crippen molar-refractivity contribution in [1.29, 1.82) is 5.26 Å². The molecule has 0 radical (unpaired) electrons. The molecule has 0 aliphatic heterocycles. The molecule has 0 saturated carbocycles. The third-order valence-electron chi connectivity index (χ3n) is 4.35. The normalized spacial score (nSPS) is 11.9. The molecule has 0 bridgehead atoms. The van der Waals surface area contributed by atoms with E-state index in [-0.39, 0.29) is 17.9 Å². The second-order valence-corrected chi connectivity index (χ2v) is 8.77. The fourth-order valence-electron chi connectivity index (χ4n) is 2.73. The third kappa shape index (κ3) is 4.49. The molecule has 1 N–H and O–H groups in total. The monoisotopic (exact) mass is 453 g/mol. The lowest BCUT2D eigenvalue weighted by molar-refractivity contribution is 0.0936. The number of halogens is 1. The number of thiazole rings is 1. The van der Waals surface area contributed by atoms with Crippen molar-refractivity contribution >= 4 is 33.2 Å². The van der Waals surface area contributed by atoms with Crippen LogP contribution in [0.5, 0.6) is 0 Å². The number of carbonyl (C=O) groups is 1. The van der Waals surface area contributed by atoms with Crippen LogP contribution in [0.4, 0.5) is 0 Å². The van der Waals surface area contributed by atoms with Crippen LogP contribution in [0.2, 0.25) is 0 Å². The van der Waals surface area contributed by atoms with Gasteiger partial charge in [-0.25, -0.2) is 4.98 Å². The van der Waals surface area contributed by atoms with Crippen LogP contribution in [0, 0.1) is 11.3 Å². The van der Waals surface area contributed by atoms with Crippen molar-refractivity contribution in [2.24, 2.45) is 0 Å². The van der Waals surface area contributed by atoms with Gasteiger partial charge in [-0.05, 0) is 42.3 Å². The Morgan fingerprint density at radius 1 is 1.11 bits per heavy atom. The SMILES string of the molecule is CC(C)c1nc(C(=O)NC(C)c2ccc(Br)cc2)c(-c2ccc(C#N)cc2)s1. The lowest BCUT2D eigenvalue weighted by Gasteiger charge is -2.14. The van der Waals surface area contributed by atoms with Gasteiger partial charge in [-0.1, -0.05) is 54.0 Å². The Kier molecular flexibility index (Phi) is 6.28. The van der Waals surface area contributed by atoms with Crippen molar-refractivity contribution in [2.75, 3.05) is 0 Å². The van der Waals surface area contributed by atoms with Crippen LogP contribution in [0.3, 0.4) is 0 Å². The number of carbonyl (C=O) groups excluding carboxylic acids is 1. The van der Waals surface area contributed by atoms with Crippen LogP contribution in [-0.4, -0.2) is 10.9 Å². The predicted octanol–water partition coefficient (Wildman–Crippen LogP) is 6.06. The van der Waals surface area contributed by atoms with Crippen LogP contribution in [-0.2, 0) is 0 Å². The standard InChI is InChI=1S/C22H20BrN3OS/c1-13(2)22-26-19(20(28-22)17-6-4-15(12-24)5-7-17)21(27)25-14(3)16-8-10-18(23)11-9-16/h4-11,13-14H,1-3H3,(H,25,27). The van der Waals surface area contributed by atoms with Gasteiger partial charge in [-0.15, -0.1) is 11.3 Å². The number of amides is 1. The first-order valence-electron chi connectivity index (χ1n) is 8.96. The molecular formula is C22H20BrN3OS. The molecule has 0 fully saturated rings. The zero-order chi connectivity index (χ0) is 20.3. The molecule has 6 heteroatoms. The van der Waals surface area contributed by atoms with Gasteiger partial charge < -0.3 is 5.32 Å². The van der Waals surface area contributed by atoms with Gasteiger partial charge in [-0.2, -0.15) is 5.26 Å². The molecule has 1 heterocycles. The highest BCUT2D eigenvalue weighted by Gasteiger charge is 2.22. The second kappa shape index (κ2) is 8.68. The summed E-state index contributed by atoms with van der Waals surface area (Å²) in [7, 11) is 0. The van der Waals surface area contributed by atoms with E-state index in [1.165, 1.54) is 11.3 Å². The van der Waals surface area contributed by atoms with Gasteiger partial charge in [0.15, 0.2) is 0 Å². The molecule has 1 atom stereocenters. The van der Waals surface area contributed by atoms with E-state index in [1.54, 1.807) is 12.1 Å². The average molecular weight is 454 g/mol. The summed E-state index contributed by atoms with van der Waals surface area (Å²) in [6.45, 7) is 6.08. The maximum absolute atomic E-state index is 13.0. The summed E-state index contributed by atoms with van der Waals surface area (Å²) in [5.41, 5.74) is 2.94. The fraction of sp³-hybridized carbons (Fsp3) is 0.227. The first-order valence-corrected chi connectivity index (χ1v) is 10.6. The number of hydrogen-bond donors (Lipinski definition) is 1. The van der Waals surface area contributed by atoms with E-state index in [9.17, 15) is 4.79 Å². The quantitative estimate of drug-likeness (QED) is 0.510. The summed E-state index contributed by atoms with van der Waals surface area (Å²) in [4.78, 5) is 18.5. The first kappa shape index (κ1) is 20.2. The van der Waals surface area contributed by atoms with E-state index >= 15 is 0 Å². The number of benzene rings is 2. The van der Waals surface area contributed by atoms with Crippen LogP contribution in [0.25, 0.3) is 10.4 Å². The first-order chi connectivity index (χ1) is 13.4. The van der Waals surface area contributed by atoms with Gasteiger partial charge in [-0.3, -0.25) is 4.79 Å². The second-order valence-electron chi connectivity index (χ2n) is 6.82. The number of rotatable bonds is 5.